The van der Waals surface area contributed by atoms with Crippen LogP contribution in [-0.4, -0.2) is 8.42 Å². The first kappa shape index (κ1) is 14.3. The van der Waals surface area contributed by atoms with E-state index in [1.807, 2.05) is 0 Å². The predicted octanol–water partition coefficient (Wildman–Crippen LogP) is 3.15. The van der Waals surface area contributed by atoms with Gasteiger partial charge in [-0.3, -0.25) is 4.72 Å². The van der Waals surface area contributed by atoms with Gasteiger partial charge in [0.05, 0.1) is 22.2 Å². The largest absolute Gasteiger partial charge is 0.277 e. The number of halogens is 2. The van der Waals surface area contributed by atoms with E-state index in [4.69, 9.17) is 16.9 Å². The van der Waals surface area contributed by atoms with Crippen LogP contribution >= 0.6 is 11.6 Å². The van der Waals surface area contributed by atoms with E-state index >= 15 is 0 Å². The molecule has 1 N–H and O–H groups in total. The molecule has 0 aliphatic heterocycles. The minimum Gasteiger partial charge on any atom is -0.277 e. The summed E-state index contributed by atoms with van der Waals surface area (Å²) in [7, 11) is -3.90. The molecule has 0 amide bonds. The van der Waals surface area contributed by atoms with Gasteiger partial charge in [0, 0.05) is 5.02 Å². The molecule has 0 heterocycles. The first-order valence-corrected chi connectivity index (χ1v) is 7.26. The van der Waals surface area contributed by atoms with Crippen molar-refractivity contribution in [1.82, 2.24) is 0 Å². The number of nitrogens with one attached hydrogen (secondary N) is 1. The number of hydrogen-bond donors (Lipinski definition) is 1. The van der Waals surface area contributed by atoms with Crippen LogP contribution in [0.2, 0.25) is 5.02 Å². The maximum absolute atomic E-state index is 13.6. The van der Waals surface area contributed by atoms with Gasteiger partial charge in [0.15, 0.2) is 0 Å². The third-order valence-corrected chi connectivity index (χ3v) is 4.10. The third kappa shape index (κ3) is 3.07. The maximum atomic E-state index is 13.6. The molecule has 2 aromatic carbocycles. The summed E-state index contributed by atoms with van der Waals surface area (Å²) < 4.78 is 39.8. The lowest BCUT2D eigenvalue weighted by Gasteiger charge is -2.09. The molecular formula is C13H8ClFN2O2S. The van der Waals surface area contributed by atoms with Gasteiger partial charge in [-0.15, -0.1) is 0 Å². The summed E-state index contributed by atoms with van der Waals surface area (Å²) in [5.41, 5.74) is -0.115. The Morgan fingerprint density at radius 3 is 2.35 bits per heavy atom. The lowest BCUT2D eigenvalue weighted by molar-refractivity contribution is 0.598. The van der Waals surface area contributed by atoms with Crippen molar-refractivity contribution >= 4 is 27.3 Å². The van der Waals surface area contributed by atoms with Gasteiger partial charge in [0.1, 0.15) is 5.82 Å². The number of hydrogen-bond acceptors (Lipinski definition) is 3. The second-order valence-corrected chi connectivity index (χ2v) is 5.98. The Kier molecular flexibility index (Phi) is 3.93. The second kappa shape index (κ2) is 5.49. The zero-order valence-electron chi connectivity index (χ0n) is 9.97. The Hall–Kier alpha value is -2.10. The number of benzene rings is 2. The van der Waals surface area contributed by atoms with Crippen LogP contribution in [0.25, 0.3) is 0 Å². The minimum absolute atomic E-state index is 0.0364. The van der Waals surface area contributed by atoms with Crippen LogP contribution in [0.1, 0.15) is 5.56 Å². The van der Waals surface area contributed by atoms with Crippen molar-refractivity contribution in [1.29, 1.82) is 5.26 Å². The molecule has 0 fully saturated rings. The summed E-state index contributed by atoms with van der Waals surface area (Å²) >= 11 is 5.67. The molecular weight excluding hydrogens is 303 g/mol. The number of sulfonamides is 1. The van der Waals surface area contributed by atoms with Crippen LogP contribution in [0.5, 0.6) is 0 Å². The van der Waals surface area contributed by atoms with E-state index in [9.17, 15) is 12.8 Å². The molecule has 0 radical (unpaired) electrons. The first-order valence-electron chi connectivity index (χ1n) is 5.40. The van der Waals surface area contributed by atoms with E-state index in [-0.39, 0.29) is 16.1 Å². The second-order valence-electron chi connectivity index (χ2n) is 3.87. The first-order chi connectivity index (χ1) is 9.42. The molecule has 0 atom stereocenters. The fourth-order valence-corrected chi connectivity index (χ4v) is 2.68. The van der Waals surface area contributed by atoms with Gasteiger partial charge in [-0.2, -0.15) is 5.26 Å². The SMILES string of the molecule is N#Cc1ccc(NS(=O)(=O)c2ccc(Cl)cc2)c(F)c1. The molecule has 2 aromatic rings. The lowest BCUT2D eigenvalue weighted by atomic mass is 10.2. The Bertz CT molecular complexity index is 783. The number of anilines is 1. The average molecular weight is 311 g/mol. The van der Waals surface area contributed by atoms with Crippen LogP contribution in [0, 0.1) is 17.1 Å². The Balaban J connectivity index is 2.34. The lowest BCUT2D eigenvalue weighted by Crippen LogP contribution is -2.13. The van der Waals surface area contributed by atoms with E-state index in [0.29, 0.717) is 5.02 Å². The van der Waals surface area contributed by atoms with E-state index < -0.39 is 15.8 Å². The maximum Gasteiger partial charge on any atom is 0.261 e. The van der Waals surface area contributed by atoms with Crippen molar-refractivity contribution in [2.45, 2.75) is 4.90 Å². The standard InChI is InChI=1S/C13H8ClFN2O2S/c14-10-2-4-11(5-3-10)20(18,19)17-13-6-1-9(8-16)7-12(13)15/h1-7,17H. The zero-order valence-corrected chi connectivity index (χ0v) is 11.5. The molecule has 0 aliphatic rings. The van der Waals surface area contributed by atoms with Crippen molar-refractivity contribution < 1.29 is 12.8 Å². The van der Waals surface area contributed by atoms with E-state index in [1.54, 1.807) is 6.07 Å². The van der Waals surface area contributed by atoms with Crippen molar-refractivity contribution in [3.05, 3.63) is 58.9 Å². The summed E-state index contributed by atoms with van der Waals surface area (Å²) in [5, 5.41) is 9.02. The molecule has 0 spiro atoms. The molecule has 4 nitrogen and oxygen atoms in total. The van der Waals surface area contributed by atoms with E-state index in [0.717, 1.165) is 6.07 Å². The molecule has 102 valence electrons. The highest BCUT2D eigenvalue weighted by Crippen LogP contribution is 2.21. The molecule has 2 rings (SSSR count). The van der Waals surface area contributed by atoms with Crippen molar-refractivity contribution in [3.8, 4) is 6.07 Å². The highest BCUT2D eigenvalue weighted by molar-refractivity contribution is 7.92. The number of nitrogens with zero attached hydrogens (tertiary/aromatic N) is 1. The Morgan fingerprint density at radius 1 is 1.15 bits per heavy atom. The normalized spacial score (nSPS) is 10.8. The smallest absolute Gasteiger partial charge is 0.261 e. The van der Waals surface area contributed by atoms with Crippen LogP contribution in [0.4, 0.5) is 10.1 Å². The van der Waals surface area contributed by atoms with Crippen LogP contribution in [0.15, 0.2) is 47.4 Å². The van der Waals surface area contributed by atoms with Crippen LogP contribution < -0.4 is 4.72 Å². The molecule has 0 aromatic heterocycles. The molecule has 7 heteroatoms. The van der Waals surface area contributed by atoms with Crippen molar-refractivity contribution in [2.75, 3.05) is 4.72 Å². The molecule has 20 heavy (non-hydrogen) atoms. The van der Waals surface area contributed by atoms with Crippen LogP contribution in [0.3, 0.4) is 0 Å². The van der Waals surface area contributed by atoms with Crippen LogP contribution in [-0.2, 0) is 10.0 Å². The fraction of sp³-hybridized carbons (Fsp3) is 0. The highest BCUT2D eigenvalue weighted by atomic mass is 35.5. The van der Waals surface area contributed by atoms with Gasteiger partial charge in [0.2, 0.25) is 0 Å². The van der Waals surface area contributed by atoms with E-state index in [2.05, 4.69) is 4.72 Å². The summed E-state index contributed by atoms with van der Waals surface area (Å²) in [4.78, 5) is -0.0364. The van der Waals surface area contributed by atoms with Gasteiger partial charge < -0.3 is 0 Å². The van der Waals surface area contributed by atoms with Gasteiger partial charge >= 0.3 is 0 Å². The summed E-state index contributed by atoms with van der Waals surface area (Å²) in [6.45, 7) is 0. The molecule has 0 saturated heterocycles. The highest BCUT2D eigenvalue weighted by Gasteiger charge is 2.16. The summed E-state index contributed by atoms with van der Waals surface area (Å²) in [6.07, 6.45) is 0. The Labute approximate surface area is 120 Å². The third-order valence-electron chi connectivity index (χ3n) is 2.47. The quantitative estimate of drug-likeness (QED) is 0.946. The summed E-state index contributed by atoms with van der Waals surface area (Å²) in [6, 6.07) is 10.7. The van der Waals surface area contributed by atoms with Gasteiger partial charge in [-0.05, 0) is 42.5 Å². The fourth-order valence-electron chi connectivity index (χ4n) is 1.48. The average Bonchev–Trinajstić information content (AvgIpc) is 2.41. The molecule has 0 unspecified atom stereocenters. The van der Waals surface area contributed by atoms with Gasteiger partial charge in [0.25, 0.3) is 10.0 Å². The predicted molar refractivity (Wildman–Crippen MR) is 73.4 cm³/mol. The van der Waals surface area contributed by atoms with Crippen molar-refractivity contribution in [3.63, 3.8) is 0 Å². The monoisotopic (exact) mass is 310 g/mol. The minimum atomic E-state index is -3.90. The number of nitriles is 1. The van der Waals surface area contributed by atoms with Gasteiger partial charge in [-0.1, -0.05) is 11.6 Å². The van der Waals surface area contributed by atoms with E-state index in [1.165, 1.54) is 36.4 Å². The van der Waals surface area contributed by atoms with Gasteiger partial charge in [-0.25, -0.2) is 12.8 Å². The number of rotatable bonds is 3. The molecule has 0 aliphatic carbocycles. The zero-order chi connectivity index (χ0) is 14.8. The summed E-state index contributed by atoms with van der Waals surface area (Å²) in [5.74, 6) is -0.818. The van der Waals surface area contributed by atoms with Crippen molar-refractivity contribution in [2.24, 2.45) is 0 Å². The molecule has 0 bridgehead atoms. The Morgan fingerprint density at radius 2 is 1.80 bits per heavy atom. The molecule has 0 saturated carbocycles. The topological polar surface area (TPSA) is 70.0 Å².